The van der Waals surface area contributed by atoms with Gasteiger partial charge in [-0.25, -0.2) is 0 Å². The number of para-hydroxylation sites is 1. The van der Waals surface area contributed by atoms with Crippen LogP contribution in [0.4, 0.5) is 0 Å². The summed E-state index contributed by atoms with van der Waals surface area (Å²) in [6.45, 7) is 1.47. The van der Waals surface area contributed by atoms with Gasteiger partial charge in [0.15, 0.2) is 0 Å². The Balaban J connectivity index is 1.65. The second-order valence-electron chi connectivity index (χ2n) is 8.56. The third kappa shape index (κ3) is 4.07. The van der Waals surface area contributed by atoms with Crippen molar-refractivity contribution in [2.75, 3.05) is 13.7 Å². The average Bonchev–Trinajstić information content (AvgIpc) is 3.42. The van der Waals surface area contributed by atoms with Gasteiger partial charge in [0.25, 0.3) is 11.8 Å². The number of nitrogens with zero attached hydrogens (tertiary/aromatic N) is 1. The highest BCUT2D eigenvalue weighted by atomic mass is 16.5. The number of aromatic nitrogens is 1. The maximum atomic E-state index is 13.5. The van der Waals surface area contributed by atoms with Gasteiger partial charge in [0.1, 0.15) is 12.3 Å². The van der Waals surface area contributed by atoms with Crippen LogP contribution in [-0.4, -0.2) is 41.3 Å². The van der Waals surface area contributed by atoms with Gasteiger partial charge < -0.3 is 14.6 Å². The SMILES string of the molecule is CCC(=O)NNC(=O)CN1C(=O)c2ccccc2[C@H]1c1c(-c2cccc(OC)c2)[nH]c2ccccc12. The zero-order valence-corrected chi connectivity index (χ0v) is 20.0. The monoisotopic (exact) mass is 482 g/mol. The maximum Gasteiger partial charge on any atom is 0.258 e. The number of methoxy groups -OCH3 is 1. The Morgan fingerprint density at radius 1 is 0.972 bits per heavy atom. The van der Waals surface area contributed by atoms with Crippen molar-refractivity contribution >= 4 is 28.6 Å². The number of benzene rings is 3. The van der Waals surface area contributed by atoms with Crippen molar-refractivity contribution in [2.24, 2.45) is 0 Å². The van der Waals surface area contributed by atoms with Gasteiger partial charge in [0, 0.05) is 34.0 Å². The summed E-state index contributed by atoms with van der Waals surface area (Å²) in [5, 5.41) is 0.953. The minimum Gasteiger partial charge on any atom is -0.497 e. The Morgan fingerprint density at radius 2 is 1.72 bits per heavy atom. The van der Waals surface area contributed by atoms with E-state index < -0.39 is 11.9 Å². The maximum absolute atomic E-state index is 13.5. The molecular weight excluding hydrogens is 456 g/mol. The summed E-state index contributed by atoms with van der Waals surface area (Å²) in [5.41, 5.74) is 9.71. The quantitative estimate of drug-likeness (QED) is 0.362. The fourth-order valence-electron chi connectivity index (χ4n) is 4.72. The van der Waals surface area contributed by atoms with Crippen molar-refractivity contribution in [3.8, 4) is 17.0 Å². The number of H-pyrrole nitrogens is 1. The smallest absolute Gasteiger partial charge is 0.258 e. The molecule has 0 radical (unpaired) electrons. The molecule has 0 bridgehead atoms. The van der Waals surface area contributed by atoms with Crippen LogP contribution < -0.4 is 15.6 Å². The van der Waals surface area contributed by atoms with E-state index in [1.165, 1.54) is 0 Å². The number of nitrogens with one attached hydrogen (secondary N) is 3. The van der Waals surface area contributed by atoms with E-state index in [1.54, 1.807) is 25.0 Å². The lowest BCUT2D eigenvalue weighted by molar-refractivity contribution is -0.129. The van der Waals surface area contributed by atoms with Crippen LogP contribution in [0.3, 0.4) is 0 Å². The molecule has 182 valence electrons. The van der Waals surface area contributed by atoms with Crippen molar-refractivity contribution in [1.29, 1.82) is 0 Å². The van der Waals surface area contributed by atoms with E-state index in [2.05, 4.69) is 15.8 Å². The molecule has 1 atom stereocenters. The normalized spacial score (nSPS) is 14.6. The minimum absolute atomic E-state index is 0.223. The first-order valence-electron chi connectivity index (χ1n) is 11.7. The van der Waals surface area contributed by atoms with Gasteiger partial charge in [-0.15, -0.1) is 0 Å². The molecule has 0 unspecified atom stereocenters. The van der Waals surface area contributed by atoms with Crippen LogP contribution in [0, 0.1) is 0 Å². The molecular formula is C28H26N4O4. The average molecular weight is 483 g/mol. The lowest BCUT2D eigenvalue weighted by Gasteiger charge is -2.26. The highest BCUT2D eigenvalue weighted by molar-refractivity contribution is 6.03. The van der Waals surface area contributed by atoms with E-state index in [1.807, 2.05) is 66.7 Å². The predicted octanol–water partition coefficient (Wildman–Crippen LogP) is 3.95. The molecule has 0 saturated heterocycles. The number of carbonyl (C=O) groups excluding carboxylic acids is 3. The lowest BCUT2D eigenvalue weighted by atomic mass is 9.93. The molecule has 0 fully saturated rings. The first kappa shape index (κ1) is 23.2. The fraction of sp³-hybridized carbons (Fsp3) is 0.179. The van der Waals surface area contributed by atoms with E-state index in [0.29, 0.717) is 11.3 Å². The van der Waals surface area contributed by atoms with Crippen molar-refractivity contribution in [3.63, 3.8) is 0 Å². The minimum atomic E-state index is -0.515. The molecule has 36 heavy (non-hydrogen) atoms. The molecule has 3 N–H and O–H groups in total. The molecule has 5 rings (SSSR count). The summed E-state index contributed by atoms with van der Waals surface area (Å²) in [5.74, 6) is -0.323. The van der Waals surface area contributed by atoms with Gasteiger partial charge in [-0.3, -0.25) is 25.2 Å². The third-order valence-corrected chi connectivity index (χ3v) is 6.41. The number of rotatable bonds is 6. The van der Waals surface area contributed by atoms with Gasteiger partial charge in [0.2, 0.25) is 5.91 Å². The Kier molecular flexibility index (Phi) is 6.16. The standard InChI is InChI=1S/C28H26N4O4/c1-3-23(33)30-31-24(34)16-32-27(19-11-4-5-12-20(19)28(32)35)25-21-13-6-7-14-22(21)29-26(25)17-9-8-10-18(15-17)36-2/h4-15,27,29H,3,16H2,1-2H3,(H,30,33)(H,31,34)/t27-/m0/s1. The van der Waals surface area contributed by atoms with Crippen LogP contribution >= 0.6 is 0 Å². The molecule has 0 saturated carbocycles. The zero-order valence-electron chi connectivity index (χ0n) is 20.0. The van der Waals surface area contributed by atoms with Crippen LogP contribution in [0.25, 0.3) is 22.2 Å². The van der Waals surface area contributed by atoms with E-state index in [-0.39, 0.29) is 24.8 Å². The number of hydrogen-bond donors (Lipinski definition) is 3. The molecule has 0 aliphatic carbocycles. The third-order valence-electron chi connectivity index (χ3n) is 6.41. The van der Waals surface area contributed by atoms with Crippen LogP contribution in [0.5, 0.6) is 5.75 Å². The number of fused-ring (bicyclic) bond motifs is 2. The molecule has 1 aliphatic heterocycles. The molecule has 2 heterocycles. The molecule has 8 nitrogen and oxygen atoms in total. The molecule has 3 amide bonds. The van der Waals surface area contributed by atoms with Crippen LogP contribution in [-0.2, 0) is 9.59 Å². The summed E-state index contributed by atoms with van der Waals surface area (Å²) in [4.78, 5) is 43.0. The largest absolute Gasteiger partial charge is 0.497 e. The van der Waals surface area contributed by atoms with Crippen molar-refractivity contribution in [3.05, 3.63) is 89.5 Å². The summed E-state index contributed by atoms with van der Waals surface area (Å²) < 4.78 is 5.45. The van der Waals surface area contributed by atoms with Crippen LogP contribution in [0.1, 0.15) is 40.9 Å². The second-order valence-corrected chi connectivity index (χ2v) is 8.56. The van der Waals surface area contributed by atoms with E-state index >= 15 is 0 Å². The van der Waals surface area contributed by atoms with Gasteiger partial charge in [-0.2, -0.15) is 0 Å². The number of hydrazine groups is 1. The summed E-state index contributed by atoms with van der Waals surface area (Å²) in [6.07, 6.45) is 0.232. The highest BCUT2D eigenvalue weighted by Crippen LogP contribution is 2.45. The van der Waals surface area contributed by atoms with Crippen molar-refractivity contribution in [2.45, 2.75) is 19.4 Å². The number of ether oxygens (including phenoxy) is 1. The molecule has 4 aromatic rings. The Morgan fingerprint density at radius 3 is 2.53 bits per heavy atom. The fourth-order valence-corrected chi connectivity index (χ4v) is 4.72. The van der Waals surface area contributed by atoms with Crippen molar-refractivity contribution in [1.82, 2.24) is 20.7 Å². The molecule has 0 spiro atoms. The number of amides is 3. The molecule has 8 heteroatoms. The molecule has 3 aromatic carbocycles. The first-order chi connectivity index (χ1) is 17.5. The zero-order chi connectivity index (χ0) is 25.2. The topological polar surface area (TPSA) is 104 Å². The lowest BCUT2D eigenvalue weighted by Crippen LogP contribution is -2.47. The van der Waals surface area contributed by atoms with E-state index in [9.17, 15) is 14.4 Å². The summed E-state index contributed by atoms with van der Waals surface area (Å²) in [7, 11) is 1.62. The van der Waals surface area contributed by atoms with Crippen LogP contribution in [0.2, 0.25) is 0 Å². The molecule has 1 aromatic heterocycles. The van der Waals surface area contributed by atoms with Gasteiger partial charge in [0.05, 0.1) is 18.8 Å². The van der Waals surface area contributed by atoms with Crippen molar-refractivity contribution < 1.29 is 19.1 Å². The van der Waals surface area contributed by atoms with E-state index in [4.69, 9.17) is 4.74 Å². The van der Waals surface area contributed by atoms with Gasteiger partial charge in [-0.05, 0) is 29.8 Å². The van der Waals surface area contributed by atoms with Gasteiger partial charge in [-0.1, -0.05) is 55.5 Å². The Bertz CT molecular complexity index is 1480. The summed E-state index contributed by atoms with van der Waals surface area (Å²) in [6, 6.07) is 22.5. The Hall–Kier alpha value is -4.59. The second kappa shape index (κ2) is 9.58. The predicted molar refractivity (Wildman–Crippen MR) is 136 cm³/mol. The van der Waals surface area contributed by atoms with Crippen LogP contribution in [0.15, 0.2) is 72.8 Å². The molecule has 1 aliphatic rings. The number of carbonyl (C=O) groups is 3. The number of aromatic amines is 1. The van der Waals surface area contributed by atoms with Gasteiger partial charge >= 0.3 is 0 Å². The Labute approximate surface area is 208 Å². The number of hydrogen-bond acceptors (Lipinski definition) is 4. The summed E-state index contributed by atoms with van der Waals surface area (Å²) >= 11 is 0. The first-order valence-corrected chi connectivity index (χ1v) is 11.7. The highest BCUT2D eigenvalue weighted by Gasteiger charge is 2.41. The van der Waals surface area contributed by atoms with E-state index in [0.717, 1.165) is 33.3 Å².